The van der Waals surface area contributed by atoms with Gasteiger partial charge in [-0.2, -0.15) is 0 Å². The normalized spacial score (nSPS) is 10.8. The molecule has 96 valence electrons. The van der Waals surface area contributed by atoms with Gasteiger partial charge in [0.2, 0.25) is 0 Å². The summed E-state index contributed by atoms with van der Waals surface area (Å²) in [5.74, 6) is 0.884. The highest BCUT2D eigenvalue weighted by molar-refractivity contribution is 7.18. The lowest BCUT2D eigenvalue weighted by atomic mass is 10.1. The number of rotatable bonds is 3. The number of aromatic nitrogens is 2. The van der Waals surface area contributed by atoms with Crippen molar-refractivity contribution in [3.05, 3.63) is 47.1 Å². The SMILES string of the molecule is CCc1ccccc1Nc1ncnc2sc(C)cc12. The van der Waals surface area contributed by atoms with E-state index in [0.29, 0.717) is 0 Å². The van der Waals surface area contributed by atoms with Crippen LogP contribution in [0.5, 0.6) is 0 Å². The molecule has 0 unspecified atom stereocenters. The Bertz CT molecular complexity index is 718. The molecule has 1 aromatic carbocycles. The molecule has 3 aromatic rings. The van der Waals surface area contributed by atoms with Gasteiger partial charge in [-0.25, -0.2) is 9.97 Å². The molecule has 0 aliphatic rings. The summed E-state index contributed by atoms with van der Waals surface area (Å²) in [4.78, 5) is 11.0. The molecule has 0 aliphatic carbocycles. The third kappa shape index (κ3) is 2.31. The van der Waals surface area contributed by atoms with Crippen LogP contribution in [0.25, 0.3) is 10.2 Å². The molecule has 0 atom stereocenters. The van der Waals surface area contributed by atoms with Gasteiger partial charge in [-0.1, -0.05) is 25.1 Å². The van der Waals surface area contributed by atoms with Crippen LogP contribution in [0.15, 0.2) is 36.7 Å². The Balaban J connectivity index is 2.05. The Morgan fingerprint density at radius 1 is 1.21 bits per heavy atom. The summed E-state index contributed by atoms with van der Waals surface area (Å²) in [6.07, 6.45) is 2.62. The smallest absolute Gasteiger partial charge is 0.142 e. The summed E-state index contributed by atoms with van der Waals surface area (Å²) >= 11 is 1.70. The number of hydrogen-bond acceptors (Lipinski definition) is 4. The Hall–Kier alpha value is -1.94. The molecule has 0 amide bonds. The molecule has 0 spiro atoms. The molecule has 3 rings (SSSR count). The number of benzene rings is 1. The topological polar surface area (TPSA) is 37.8 Å². The van der Waals surface area contributed by atoms with Gasteiger partial charge in [0.05, 0.1) is 5.39 Å². The number of thiophene rings is 1. The lowest BCUT2D eigenvalue weighted by Gasteiger charge is -2.10. The standard InChI is InChI=1S/C15H15N3S/c1-3-11-6-4-5-7-13(11)18-14-12-8-10(2)19-15(12)17-9-16-14/h4-9H,3H2,1-2H3,(H,16,17,18). The lowest BCUT2D eigenvalue weighted by Crippen LogP contribution is -1.97. The summed E-state index contributed by atoms with van der Waals surface area (Å²) < 4.78 is 0. The second-order valence-electron chi connectivity index (χ2n) is 4.43. The molecule has 3 nitrogen and oxygen atoms in total. The zero-order valence-corrected chi connectivity index (χ0v) is 11.8. The predicted octanol–water partition coefficient (Wildman–Crippen LogP) is 4.31. The van der Waals surface area contributed by atoms with Crippen molar-refractivity contribution in [1.29, 1.82) is 0 Å². The summed E-state index contributed by atoms with van der Waals surface area (Å²) in [5.41, 5.74) is 2.41. The average molecular weight is 269 g/mol. The summed E-state index contributed by atoms with van der Waals surface area (Å²) in [6.45, 7) is 4.25. The van der Waals surface area contributed by atoms with Crippen molar-refractivity contribution in [2.24, 2.45) is 0 Å². The lowest BCUT2D eigenvalue weighted by molar-refractivity contribution is 1.14. The Morgan fingerprint density at radius 3 is 2.89 bits per heavy atom. The number of hydrogen-bond donors (Lipinski definition) is 1. The molecular weight excluding hydrogens is 254 g/mol. The maximum absolute atomic E-state index is 4.38. The van der Waals surface area contributed by atoms with Crippen molar-refractivity contribution < 1.29 is 0 Å². The molecule has 4 heteroatoms. The molecule has 0 saturated carbocycles. The fourth-order valence-electron chi connectivity index (χ4n) is 2.15. The van der Waals surface area contributed by atoms with E-state index in [0.717, 1.165) is 28.1 Å². The minimum absolute atomic E-state index is 0.884. The number of nitrogens with zero attached hydrogens (tertiary/aromatic N) is 2. The van der Waals surface area contributed by atoms with Crippen LogP contribution in [-0.4, -0.2) is 9.97 Å². The minimum Gasteiger partial charge on any atom is -0.339 e. The minimum atomic E-state index is 0.884. The van der Waals surface area contributed by atoms with Gasteiger partial charge in [0.15, 0.2) is 0 Å². The van der Waals surface area contributed by atoms with E-state index in [2.05, 4.69) is 53.4 Å². The van der Waals surface area contributed by atoms with Gasteiger partial charge in [-0.15, -0.1) is 11.3 Å². The summed E-state index contributed by atoms with van der Waals surface area (Å²) in [5, 5.41) is 4.53. The Labute approximate surface area is 116 Å². The first-order valence-electron chi connectivity index (χ1n) is 6.34. The van der Waals surface area contributed by atoms with Crippen LogP contribution in [0, 0.1) is 6.92 Å². The van der Waals surface area contributed by atoms with E-state index in [4.69, 9.17) is 0 Å². The van der Waals surface area contributed by atoms with Crippen LogP contribution in [0.4, 0.5) is 11.5 Å². The van der Waals surface area contributed by atoms with Gasteiger partial charge in [0.1, 0.15) is 17.0 Å². The first-order chi connectivity index (χ1) is 9.28. The van der Waals surface area contributed by atoms with Crippen LogP contribution < -0.4 is 5.32 Å². The van der Waals surface area contributed by atoms with E-state index < -0.39 is 0 Å². The van der Waals surface area contributed by atoms with Crippen LogP contribution in [0.3, 0.4) is 0 Å². The van der Waals surface area contributed by atoms with Crippen LogP contribution in [0.2, 0.25) is 0 Å². The molecule has 2 heterocycles. The van der Waals surface area contributed by atoms with Gasteiger partial charge in [0, 0.05) is 10.6 Å². The monoisotopic (exact) mass is 269 g/mol. The average Bonchev–Trinajstić information content (AvgIpc) is 2.81. The maximum atomic E-state index is 4.38. The maximum Gasteiger partial charge on any atom is 0.142 e. The van der Waals surface area contributed by atoms with E-state index in [1.165, 1.54) is 10.4 Å². The van der Waals surface area contributed by atoms with Crippen LogP contribution in [0.1, 0.15) is 17.4 Å². The first-order valence-corrected chi connectivity index (χ1v) is 7.15. The molecule has 0 saturated heterocycles. The van der Waals surface area contributed by atoms with Gasteiger partial charge in [-0.05, 0) is 31.0 Å². The number of anilines is 2. The highest BCUT2D eigenvalue weighted by Gasteiger charge is 2.08. The van der Waals surface area contributed by atoms with Crippen molar-refractivity contribution in [3.8, 4) is 0 Å². The summed E-state index contributed by atoms with van der Waals surface area (Å²) in [6, 6.07) is 10.5. The Morgan fingerprint density at radius 2 is 2.05 bits per heavy atom. The van der Waals surface area contributed by atoms with Crippen molar-refractivity contribution in [1.82, 2.24) is 9.97 Å². The number of nitrogens with one attached hydrogen (secondary N) is 1. The van der Waals surface area contributed by atoms with Crippen molar-refractivity contribution in [3.63, 3.8) is 0 Å². The van der Waals surface area contributed by atoms with Crippen molar-refractivity contribution in [2.75, 3.05) is 5.32 Å². The van der Waals surface area contributed by atoms with E-state index in [-0.39, 0.29) is 0 Å². The van der Waals surface area contributed by atoms with Gasteiger partial charge in [0.25, 0.3) is 0 Å². The third-order valence-electron chi connectivity index (χ3n) is 3.10. The fraction of sp³-hybridized carbons (Fsp3) is 0.200. The number of fused-ring (bicyclic) bond motifs is 1. The molecule has 2 aromatic heterocycles. The van der Waals surface area contributed by atoms with E-state index in [1.54, 1.807) is 17.7 Å². The molecule has 0 radical (unpaired) electrons. The summed E-state index contributed by atoms with van der Waals surface area (Å²) in [7, 11) is 0. The molecule has 0 aliphatic heterocycles. The van der Waals surface area contributed by atoms with Gasteiger partial charge < -0.3 is 5.32 Å². The highest BCUT2D eigenvalue weighted by atomic mass is 32.1. The molecule has 0 fully saturated rings. The van der Waals surface area contributed by atoms with E-state index in [9.17, 15) is 0 Å². The largest absolute Gasteiger partial charge is 0.339 e. The zero-order valence-electron chi connectivity index (χ0n) is 11.0. The third-order valence-corrected chi connectivity index (χ3v) is 4.06. The predicted molar refractivity (Wildman–Crippen MR) is 81.3 cm³/mol. The zero-order chi connectivity index (χ0) is 13.2. The molecule has 0 bridgehead atoms. The number of para-hydroxylation sites is 1. The van der Waals surface area contributed by atoms with Crippen LogP contribution >= 0.6 is 11.3 Å². The number of aryl methyl sites for hydroxylation is 2. The van der Waals surface area contributed by atoms with E-state index >= 15 is 0 Å². The van der Waals surface area contributed by atoms with E-state index in [1.807, 2.05) is 6.07 Å². The highest BCUT2D eigenvalue weighted by Crippen LogP contribution is 2.30. The van der Waals surface area contributed by atoms with Crippen molar-refractivity contribution in [2.45, 2.75) is 20.3 Å². The first kappa shape index (κ1) is 12.1. The van der Waals surface area contributed by atoms with Crippen molar-refractivity contribution >= 4 is 33.1 Å². The van der Waals surface area contributed by atoms with Gasteiger partial charge >= 0.3 is 0 Å². The molecule has 19 heavy (non-hydrogen) atoms. The second-order valence-corrected chi connectivity index (χ2v) is 5.67. The quantitative estimate of drug-likeness (QED) is 0.770. The van der Waals surface area contributed by atoms with Gasteiger partial charge in [-0.3, -0.25) is 0 Å². The Kier molecular flexibility index (Phi) is 3.17. The second kappa shape index (κ2) is 4.97. The fourth-order valence-corrected chi connectivity index (χ4v) is 3.00. The molecule has 1 N–H and O–H groups in total. The molecular formula is C15H15N3S. The van der Waals surface area contributed by atoms with Crippen LogP contribution in [-0.2, 0) is 6.42 Å².